The van der Waals surface area contributed by atoms with Crippen molar-refractivity contribution in [1.82, 2.24) is 14.8 Å². The summed E-state index contributed by atoms with van der Waals surface area (Å²) in [4.78, 5) is 12.5. The molecule has 1 amide bonds. The van der Waals surface area contributed by atoms with Crippen molar-refractivity contribution >= 4 is 45.3 Å². The van der Waals surface area contributed by atoms with Crippen molar-refractivity contribution < 1.29 is 13.9 Å². The predicted octanol–water partition coefficient (Wildman–Crippen LogP) is 4.41. The van der Waals surface area contributed by atoms with E-state index in [1.807, 2.05) is 41.8 Å². The van der Waals surface area contributed by atoms with Crippen LogP contribution in [-0.4, -0.2) is 33.5 Å². The van der Waals surface area contributed by atoms with Crippen LogP contribution in [0.5, 0.6) is 5.75 Å². The van der Waals surface area contributed by atoms with Crippen molar-refractivity contribution in [3.8, 4) is 5.75 Å². The standard InChI is InChI=1S/C21H20N4O3S/c1-4-9-25-13(2)23-24-21(25)29-12-20(26)22-16-11-18-15(10-19(16)27-3)14-7-5-6-8-17(14)28-18/h4-8,10-11H,1,9,12H2,2-3H3,(H,22,26). The zero-order chi connectivity index (χ0) is 20.4. The van der Waals surface area contributed by atoms with Gasteiger partial charge in [-0.15, -0.1) is 16.8 Å². The molecular formula is C21H20N4O3S. The number of amides is 1. The fourth-order valence-corrected chi connectivity index (χ4v) is 3.94. The molecule has 0 radical (unpaired) electrons. The molecule has 8 heteroatoms. The van der Waals surface area contributed by atoms with Crippen molar-refractivity contribution in [3.63, 3.8) is 0 Å². The van der Waals surface area contributed by atoms with E-state index >= 15 is 0 Å². The van der Waals surface area contributed by atoms with Gasteiger partial charge < -0.3 is 19.0 Å². The number of ether oxygens (including phenoxy) is 1. The van der Waals surface area contributed by atoms with E-state index in [2.05, 4.69) is 22.1 Å². The number of thioether (sulfide) groups is 1. The average Bonchev–Trinajstić information content (AvgIpc) is 3.26. The summed E-state index contributed by atoms with van der Waals surface area (Å²) in [5, 5.41) is 13.7. The molecule has 0 atom stereocenters. The quantitative estimate of drug-likeness (QED) is 0.360. The molecule has 2 aromatic carbocycles. The van der Waals surface area contributed by atoms with Gasteiger partial charge in [-0.1, -0.05) is 36.0 Å². The van der Waals surface area contributed by atoms with Crippen LogP contribution in [0, 0.1) is 6.92 Å². The van der Waals surface area contributed by atoms with Crippen molar-refractivity contribution in [2.45, 2.75) is 18.6 Å². The number of para-hydroxylation sites is 1. The summed E-state index contributed by atoms with van der Waals surface area (Å²) in [7, 11) is 1.58. The number of benzene rings is 2. The Morgan fingerprint density at radius 1 is 1.28 bits per heavy atom. The van der Waals surface area contributed by atoms with Crippen LogP contribution in [-0.2, 0) is 11.3 Å². The van der Waals surface area contributed by atoms with Crippen molar-refractivity contribution in [1.29, 1.82) is 0 Å². The Morgan fingerprint density at radius 2 is 2.10 bits per heavy atom. The maximum Gasteiger partial charge on any atom is 0.234 e. The molecule has 4 rings (SSSR count). The Balaban J connectivity index is 1.54. The zero-order valence-electron chi connectivity index (χ0n) is 16.1. The molecule has 2 aromatic heterocycles. The number of methoxy groups -OCH3 is 1. The average molecular weight is 408 g/mol. The lowest BCUT2D eigenvalue weighted by molar-refractivity contribution is -0.113. The minimum Gasteiger partial charge on any atom is -0.495 e. The lowest BCUT2D eigenvalue weighted by Gasteiger charge is -2.10. The predicted molar refractivity (Wildman–Crippen MR) is 115 cm³/mol. The van der Waals surface area contributed by atoms with Crippen LogP contribution in [0.25, 0.3) is 21.9 Å². The molecule has 4 aromatic rings. The van der Waals surface area contributed by atoms with E-state index in [0.717, 1.165) is 22.2 Å². The van der Waals surface area contributed by atoms with E-state index in [9.17, 15) is 4.79 Å². The van der Waals surface area contributed by atoms with Crippen LogP contribution in [0.4, 0.5) is 5.69 Å². The first-order valence-corrected chi connectivity index (χ1v) is 10.0. The van der Waals surface area contributed by atoms with Crippen molar-refractivity contribution in [2.24, 2.45) is 0 Å². The number of carbonyl (C=O) groups excluding carboxylic acids is 1. The second-order valence-corrected chi connectivity index (χ2v) is 7.36. The van der Waals surface area contributed by atoms with Crippen LogP contribution < -0.4 is 10.1 Å². The lowest BCUT2D eigenvalue weighted by atomic mass is 10.1. The number of nitrogens with zero attached hydrogens (tertiary/aromatic N) is 3. The Labute approximate surface area is 171 Å². The van der Waals surface area contributed by atoms with Gasteiger partial charge in [0, 0.05) is 23.4 Å². The molecule has 0 bridgehead atoms. The molecule has 0 aliphatic rings. The smallest absolute Gasteiger partial charge is 0.234 e. The first-order chi connectivity index (χ1) is 14.1. The fourth-order valence-electron chi connectivity index (χ4n) is 3.14. The molecule has 0 fully saturated rings. The summed E-state index contributed by atoms with van der Waals surface area (Å²) in [5.41, 5.74) is 2.05. The number of aromatic nitrogens is 3. The van der Waals surface area contributed by atoms with Gasteiger partial charge >= 0.3 is 0 Å². The summed E-state index contributed by atoms with van der Waals surface area (Å²) in [6.45, 7) is 6.21. The molecular weight excluding hydrogens is 388 g/mol. The second-order valence-electron chi connectivity index (χ2n) is 6.41. The Bertz CT molecular complexity index is 1210. The van der Waals surface area contributed by atoms with E-state index < -0.39 is 0 Å². The van der Waals surface area contributed by atoms with Crippen LogP contribution in [0.15, 0.2) is 58.6 Å². The molecule has 148 valence electrons. The van der Waals surface area contributed by atoms with E-state index in [4.69, 9.17) is 9.15 Å². The van der Waals surface area contributed by atoms with E-state index in [1.165, 1.54) is 11.8 Å². The highest BCUT2D eigenvalue weighted by Gasteiger charge is 2.15. The van der Waals surface area contributed by atoms with Gasteiger partial charge in [0.2, 0.25) is 5.91 Å². The lowest BCUT2D eigenvalue weighted by Crippen LogP contribution is -2.15. The molecule has 0 unspecified atom stereocenters. The largest absolute Gasteiger partial charge is 0.495 e. The second kappa shape index (κ2) is 8.00. The van der Waals surface area contributed by atoms with Gasteiger partial charge in [0.1, 0.15) is 22.7 Å². The van der Waals surface area contributed by atoms with Gasteiger partial charge in [-0.2, -0.15) is 0 Å². The number of allylic oxidation sites excluding steroid dienone is 1. The molecule has 7 nitrogen and oxygen atoms in total. The van der Waals surface area contributed by atoms with Gasteiger partial charge in [-0.3, -0.25) is 4.79 Å². The molecule has 2 heterocycles. The molecule has 0 saturated carbocycles. The van der Waals surface area contributed by atoms with Crippen LogP contribution in [0.3, 0.4) is 0 Å². The molecule has 0 aliphatic heterocycles. The third-order valence-corrected chi connectivity index (χ3v) is 5.49. The minimum atomic E-state index is -0.172. The van der Waals surface area contributed by atoms with Gasteiger partial charge in [0.05, 0.1) is 18.6 Å². The summed E-state index contributed by atoms with van der Waals surface area (Å²) in [6, 6.07) is 11.5. The molecule has 1 N–H and O–H groups in total. The normalized spacial score (nSPS) is 11.1. The number of hydrogen-bond donors (Lipinski definition) is 1. The van der Waals surface area contributed by atoms with Crippen molar-refractivity contribution in [2.75, 3.05) is 18.2 Å². The first-order valence-electron chi connectivity index (χ1n) is 9.03. The fraction of sp³-hybridized carbons (Fsp3) is 0.190. The van der Waals surface area contributed by atoms with Crippen molar-refractivity contribution in [3.05, 3.63) is 54.9 Å². The van der Waals surface area contributed by atoms with E-state index in [0.29, 0.717) is 28.7 Å². The van der Waals surface area contributed by atoms with E-state index in [1.54, 1.807) is 19.3 Å². The Morgan fingerprint density at radius 3 is 2.90 bits per heavy atom. The SMILES string of the molecule is C=CCn1c(C)nnc1SCC(=O)Nc1cc2oc3ccccc3c2cc1OC. The van der Waals surface area contributed by atoms with Gasteiger partial charge in [0.15, 0.2) is 5.16 Å². The topological polar surface area (TPSA) is 82.2 Å². The number of aryl methyl sites for hydroxylation is 1. The van der Waals surface area contributed by atoms with Gasteiger partial charge in [-0.25, -0.2) is 0 Å². The number of carbonyl (C=O) groups is 1. The highest BCUT2D eigenvalue weighted by atomic mass is 32.2. The number of hydrogen-bond acceptors (Lipinski definition) is 6. The zero-order valence-corrected chi connectivity index (χ0v) is 17.0. The Hall–Kier alpha value is -3.26. The number of fused-ring (bicyclic) bond motifs is 3. The van der Waals surface area contributed by atoms with Gasteiger partial charge in [-0.05, 0) is 19.1 Å². The first kappa shape index (κ1) is 19.1. The monoisotopic (exact) mass is 408 g/mol. The number of furan rings is 1. The minimum absolute atomic E-state index is 0.172. The summed E-state index contributed by atoms with van der Waals surface area (Å²) >= 11 is 1.32. The molecule has 0 saturated heterocycles. The van der Waals surface area contributed by atoms with Crippen LogP contribution in [0.2, 0.25) is 0 Å². The maximum absolute atomic E-state index is 12.5. The van der Waals surface area contributed by atoms with Gasteiger partial charge in [0.25, 0.3) is 0 Å². The van der Waals surface area contributed by atoms with Crippen LogP contribution >= 0.6 is 11.8 Å². The number of anilines is 1. The third-order valence-electron chi connectivity index (χ3n) is 4.52. The Kier molecular flexibility index (Phi) is 5.26. The maximum atomic E-state index is 12.5. The highest BCUT2D eigenvalue weighted by molar-refractivity contribution is 7.99. The van der Waals surface area contributed by atoms with E-state index in [-0.39, 0.29) is 11.7 Å². The molecule has 29 heavy (non-hydrogen) atoms. The third kappa shape index (κ3) is 3.71. The van der Waals surface area contributed by atoms with Crippen LogP contribution in [0.1, 0.15) is 5.82 Å². The summed E-state index contributed by atoms with van der Waals surface area (Å²) in [6.07, 6.45) is 1.77. The summed E-state index contributed by atoms with van der Waals surface area (Å²) < 4.78 is 13.3. The highest BCUT2D eigenvalue weighted by Crippen LogP contribution is 2.36. The summed E-state index contributed by atoms with van der Waals surface area (Å²) in [5.74, 6) is 1.38. The number of rotatable bonds is 7. The molecule has 0 aliphatic carbocycles. The number of nitrogens with one attached hydrogen (secondary N) is 1. The molecule has 0 spiro atoms.